The average Bonchev–Trinajstić information content (AvgIpc) is 2.97. The van der Waals surface area contributed by atoms with E-state index in [1.165, 1.54) is 37.1 Å². The van der Waals surface area contributed by atoms with Crippen LogP contribution in [0.5, 0.6) is 0 Å². The Balaban J connectivity index is 1.81. The fourth-order valence-corrected chi connectivity index (χ4v) is 3.24. The lowest BCUT2D eigenvalue weighted by atomic mass is 10.0. The third-order valence-corrected chi connectivity index (χ3v) is 4.71. The molecule has 0 aromatic heterocycles. The maximum Gasteiger partial charge on any atom is 0.0243 e. The van der Waals surface area contributed by atoms with E-state index in [2.05, 4.69) is 62.2 Å². The molecule has 0 aliphatic carbocycles. The van der Waals surface area contributed by atoms with Crippen molar-refractivity contribution in [3.63, 3.8) is 0 Å². The first-order valence-electron chi connectivity index (χ1n) is 8.61. The van der Waals surface area contributed by atoms with Crippen LogP contribution in [0.3, 0.4) is 0 Å². The predicted octanol–water partition coefficient (Wildman–Crippen LogP) is 4.02. The summed E-state index contributed by atoms with van der Waals surface area (Å²) in [5, 5.41) is 3.67. The van der Waals surface area contributed by atoms with Crippen molar-refractivity contribution in [2.45, 2.75) is 59.0 Å². The van der Waals surface area contributed by atoms with E-state index in [1.807, 2.05) is 0 Å². The minimum absolute atomic E-state index is 0.618. The Labute approximate surface area is 130 Å². The molecule has 118 valence electrons. The molecule has 1 fully saturated rings. The van der Waals surface area contributed by atoms with E-state index >= 15 is 0 Å². The minimum atomic E-state index is 0.618. The summed E-state index contributed by atoms with van der Waals surface area (Å²) < 4.78 is 0. The third kappa shape index (κ3) is 4.82. The van der Waals surface area contributed by atoms with E-state index in [1.54, 1.807) is 0 Å². The zero-order chi connectivity index (χ0) is 15.2. The topological polar surface area (TPSA) is 15.3 Å². The van der Waals surface area contributed by atoms with Crippen LogP contribution < -0.4 is 5.32 Å². The Hall–Kier alpha value is -0.860. The Bertz CT molecular complexity index is 402. The molecular weight excluding hydrogens is 256 g/mol. The van der Waals surface area contributed by atoms with Crippen LogP contribution in [0.15, 0.2) is 24.3 Å². The second kappa shape index (κ2) is 7.95. The molecule has 1 aliphatic heterocycles. The van der Waals surface area contributed by atoms with Crippen molar-refractivity contribution in [3.05, 3.63) is 35.4 Å². The first kappa shape index (κ1) is 16.5. The van der Waals surface area contributed by atoms with E-state index in [0.717, 1.165) is 19.0 Å². The zero-order valence-electron chi connectivity index (χ0n) is 14.2. The summed E-state index contributed by atoms with van der Waals surface area (Å²) >= 11 is 0. The highest BCUT2D eigenvalue weighted by molar-refractivity contribution is 5.24. The fraction of sp³-hybridized carbons (Fsp3) is 0.684. The SMILES string of the molecule is CC(C)c1ccc(CNCC(C(C)C)N2CCCC2)cc1. The van der Waals surface area contributed by atoms with Gasteiger partial charge in [-0.25, -0.2) is 0 Å². The van der Waals surface area contributed by atoms with Crippen molar-refractivity contribution < 1.29 is 0 Å². The molecule has 0 radical (unpaired) electrons. The van der Waals surface area contributed by atoms with Crippen LogP contribution in [-0.2, 0) is 6.54 Å². The Morgan fingerprint density at radius 1 is 1.00 bits per heavy atom. The summed E-state index contributed by atoms with van der Waals surface area (Å²) in [6.45, 7) is 13.8. The number of nitrogens with one attached hydrogen (secondary N) is 1. The Morgan fingerprint density at radius 2 is 1.62 bits per heavy atom. The van der Waals surface area contributed by atoms with Gasteiger partial charge in [0.2, 0.25) is 0 Å². The van der Waals surface area contributed by atoms with Gasteiger partial charge in [0, 0.05) is 19.1 Å². The van der Waals surface area contributed by atoms with Gasteiger partial charge in [-0.1, -0.05) is 52.0 Å². The van der Waals surface area contributed by atoms with Crippen LogP contribution in [0.2, 0.25) is 0 Å². The first-order chi connectivity index (χ1) is 10.1. The number of rotatable bonds is 7. The molecule has 1 aromatic carbocycles. The lowest BCUT2D eigenvalue weighted by Crippen LogP contribution is -2.44. The van der Waals surface area contributed by atoms with Crippen LogP contribution in [0, 0.1) is 5.92 Å². The smallest absolute Gasteiger partial charge is 0.0243 e. The number of benzene rings is 1. The van der Waals surface area contributed by atoms with E-state index in [4.69, 9.17) is 0 Å². The van der Waals surface area contributed by atoms with Gasteiger partial charge in [-0.05, 0) is 48.9 Å². The monoisotopic (exact) mass is 288 g/mol. The Morgan fingerprint density at radius 3 is 2.14 bits per heavy atom. The lowest BCUT2D eigenvalue weighted by molar-refractivity contribution is 0.186. The van der Waals surface area contributed by atoms with Gasteiger partial charge in [0.1, 0.15) is 0 Å². The second-order valence-corrected chi connectivity index (χ2v) is 7.08. The van der Waals surface area contributed by atoms with Gasteiger partial charge in [0.15, 0.2) is 0 Å². The molecule has 1 atom stereocenters. The normalized spacial score (nSPS) is 17.8. The molecule has 1 unspecified atom stereocenters. The van der Waals surface area contributed by atoms with Crippen molar-refractivity contribution in [2.75, 3.05) is 19.6 Å². The molecule has 1 aromatic rings. The number of hydrogen-bond donors (Lipinski definition) is 1. The zero-order valence-corrected chi connectivity index (χ0v) is 14.2. The highest BCUT2D eigenvalue weighted by atomic mass is 15.2. The van der Waals surface area contributed by atoms with Gasteiger partial charge in [-0.3, -0.25) is 4.90 Å². The molecule has 2 rings (SSSR count). The van der Waals surface area contributed by atoms with Crippen LogP contribution >= 0.6 is 0 Å². The molecule has 0 spiro atoms. The van der Waals surface area contributed by atoms with Crippen molar-refractivity contribution >= 4 is 0 Å². The molecule has 0 amide bonds. The molecule has 1 aliphatic rings. The van der Waals surface area contributed by atoms with Crippen molar-refractivity contribution in [1.29, 1.82) is 0 Å². The average molecular weight is 288 g/mol. The molecule has 1 heterocycles. The molecule has 21 heavy (non-hydrogen) atoms. The summed E-state index contributed by atoms with van der Waals surface area (Å²) in [6.07, 6.45) is 2.75. The maximum atomic E-state index is 3.67. The van der Waals surface area contributed by atoms with Gasteiger partial charge < -0.3 is 5.32 Å². The maximum absolute atomic E-state index is 3.67. The quantitative estimate of drug-likeness (QED) is 0.815. The van der Waals surface area contributed by atoms with E-state index < -0.39 is 0 Å². The fourth-order valence-electron chi connectivity index (χ4n) is 3.24. The van der Waals surface area contributed by atoms with Crippen LogP contribution in [0.4, 0.5) is 0 Å². The van der Waals surface area contributed by atoms with E-state index in [-0.39, 0.29) is 0 Å². The van der Waals surface area contributed by atoms with Crippen LogP contribution in [0.1, 0.15) is 57.6 Å². The first-order valence-corrected chi connectivity index (χ1v) is 8.61. The van der Waals surface area contributed by atoms with Gasteiger partial charge >= 0.3 is 0 Å². The number of nitrogens with zero attached hydrogens (tertiary/aromatic N) is 1. The van der Waals surface area contributed by atoms with Crippen molar-refractivity contribution in [3.8, 4) is 0 Å². The largest absolute Gasteiger partial charge is 0.311 e. The minimum Gasteiger partial charge on any atom is -0.311 e. The summed E-state index contributed by atoms with van der Waals surface area (Å²) in [5.74, 6) is 1.34. The summed E-state index contributed by atoms with van der Waals surface area (Å²) in [7, 11) is 0. The molecule has 0 bridgehead atoms. The molecular formula is C19H32N2. The standard InChI is InChI=1S/C19H32N2/c1-15(2)18-9-7-17(8-10-18)13-20-14-19(16(3)4)21-11-5-6-12-21/h7-10,15-16,19-20H,5-6,11-14H2,1-4H3. The molecule has 2 nitrogen and oxygen atoms in total. The van der Waals surface area contributed by atoms with Gasteiger partial charge in [0.25, 0.3) is 0 Å². The number of hydrogen-bond acceptors (Lipinski definition) is 2. The summed E-state index contributed by atoms with van der Waals surface area (Å²) in [4.78, 5) is 2.67. The van der Waals surface area contributed by atoms with E-state index in [0.29, 0.717) is 12.0 Å². The van der Waals surface area contributed by atoms with Crippen LogP contribution in [0.25, 0.3) is 0 Å². The molecule has 0 saturated carbocycles. The molecule has 1 saturated heterocycles. The highest BCUT2D eigenvalue weighted by Gasteiger charge is 2.23. The lowest BCUT2D eigenvalue weighted by Gasteiger charge is -2.31. The van der Waals surface area contributed by atoms with Crippen molar-refractivity contribution in [1.82, 2.24) is 10.2 Å². The van der Waals surface area contributed by atoms with Crippen LogP contribution in [-0.4, -0.2) is 30.6 Å². The summed E-state index contributed by atoms with van der Waals surface area (Å²) in [5.41, 5.74) is 2.82. The van der Waals surface area contributed by atoms with Gasteiger partial charge in [-0.2, -0.15) is 0 Å². The Kier molecular flexibility index (Phi) is 6.25. The summed E-state index contributed by atoms with van der Waals surface area (Å²) in [6, 6.07) is 9.75. The molecule has 1 N–H and O–H groups in total. The van der Waals surface area contributed by atoms with E-state index in [9.17, 15) is 0 Å². The highest BCUT2D eigenvalue weighted by Crippen LogP contribution is 2.18. The van der Waals surface area contributed by atoms with Gasteiger partial charge in [0.05, 0.1) is 0 Å². The predicted molar refractivity (Wildman–Crippen MR) is 91.7 cm³/mol. The third-order valence-electron chi connectivity index (χ3n) is 4.71. The number of likely N-dealkylation sites (tertiary alicyclic amines) is 1. The van der Waals surface area contributed by atoms with Crippen molar-refractivity contribution in [2.24, 2.45) is 5.92 Å². The van der Waals surface area contributed by atoms with Gasteiger partial charge in [-0.15, -0.1) is 0 Å². The second-order valence-electron chi connectivity index (χ2n) is 7.08. The molecule has 2 heteroatoms.